The molecule has 0 radical (unpaired) electrons. The minimum absolute atomic E-state index is 0.633. The number of benzene rings is 1. The quantitative estimate of drug-likeness (QED) is 0.909. The molecule has 3 rings (SSSR count). The summed E-state index contributed by atoms with van der Waals surface area (Å²) in [6.45, 7) is 4.33. The highest BCUT2D eigenvalue weighted by atomic mass is 15.2. The van der Waals surface area contributed by atoms with Crippen molar-refractivity contribution in [3.63, 3.8) is 0 Å². The Hall–Kier alpha value is -0.860. The molecule has 0 spiro atoms. The first-order chi connectivity index (χ1) is 9.85. The zero-order valence-electron chi connectivity index (χ0n) is 12.7. The molecule has 1 aromatic carbocycles. The second-order valence-electron chi connectivity index (χ2n) is 6.43. The number of aryl methyl sites for hydroxylation is 1. The van der Waals surface area contributed by atoms with Crippen molar-refractivity contribution < 1.29 is 0 Å². The van der Waals surface area contributed by atoms with Crippen LogP contribution in [0.5, 0.6) is 0 Å². The molecule has 0 aliphatic heterocycles. The largest absolute Gasteiger partial charge is 0.330 e. The molecule has 1 fully saturated rings. The van der Waals surface area contributed by atoms with E-state index in [1.165, 1.54) is 38.5 Å². The number of fused-ring (bicyclic) bond motifs is 1. The van der Waals surface area contributed by atoms with Crippen molar-refractivity contribution in [3.8, 4) is 0 Å². The SMILES string of the molecule is CCN(C1CCc2ccccc21)C1CCCCC1CN. The van der Waals surface area contributed by atoms with Gasteiger partial charge in [0.1, 0.15) is 0 Å². The topological polar surface area (TPSA) is 29.3 Å². The summed E-state index contributed by atoms with van der Waals surface area (Å²) >= 11 is 0. The van der Waals surface area contributed by atoms with Gasteiger partial charge in [0.2, 0.25) is 0 Å². The van der Waals surface area contributed by atoms with Gasteiger partial charge in [-0.25, -0.2) is 0 Å². The minimum Gasteiger partial charge on any atom is -0.330 e. The lowest BCUT2D eigenvalue weighted by molar-refractivity contribution is 0.0702. The summed E-state index contributed by atoms with van der Waals surface area (Å²) in [6.07, 6.45) is 7.96. The Morgan fingerprint density at radius 3 is 2.75 bits per heavy atom. The van der Waals surface area contributed by atoms with Gasteiger partial charge in [-0.1, -0.05) is 44.0 Å². The maximum absolute atomic E-state index is 6.05. The summed E-state index contributed by atoms with van der Waals surface area (Å²) in [7, 11) is 0. The van der Waals surface area contributed by atoms with Crippen molar-refractivity contribution >= 4 is 0 Å². The van der Waals surface area contributed by atoms with E-state index < -0.39 is 0 Å². The summed E-state index contributed by atoms with van der Waals surface area (Å²) < 4.78 is 0. The van der Waals surface area contributed by atoms with E-state index in [-0.39, 0.29) is 0 Å². The van der Waals surface area contributed by atoms with E-state index in [4.69, 9.17) is 5.73 Å². The highest BCUT2D eigenvalue weighted by Crippen LogP contribution is 2.40. The Kier molecular flexibility index (Phi) is 4.42. The number of nitrogens with zero attached hydrogens (tertiary/aromatic N) is 1. The average molecular weight is 272 g/mol. The second-order valence-corrected chi connectivity index (χ2v) is 6.43. The molecule has 0 saturated heterocycles. The molecule has 1 saturated carbocycles. The smallest absolute Gasteiger partial charge is 0.0356 e. The fraction of sp³-hybridized carbons (Fsp3) is 0.667. The van der Waals surface area contributed by atoms with Crippen LogP contribution in [0.2, 0.25) is 0 Å². The van der Waals surface area contributed by atoms with E-state index in [1.807, 2.05) is 0 Å². The van der Waals surface area contributed by atoms with E-state index in [0.29, 0.717) is 18.0 Å². The summed E-state index contributed by atoms with van der Waals surface area (Å²) in [4.78, 5) is 2.77. The van der Waals surface area contributed by atoms with Crippen LogP contribution in [0.25, 0.3) is 0 Å². The molecule has 2 aliphatic rings. The molecule has 2 nitrogen and oxygen atoms in total. The van der Waals surface area contributed by atoms with Crippen molar-refractivity contribution in [1.82, 2.24) is 4.90 Å². The van der Waals surface area contributed by atoms with Gasteiger partial charge in [0.25, 0.3) is 0 Å². The maximum Gasteiger partial charge on any atom is 0.0356 e. The third kappa shape index (κ3) is 2.51. The van der Waals surface area contributed by atoms with Gasteiger partial charge in [-0.15, -0.1) is 0 Å². The zero-order chi connectivity index (χ0) is 13.9. The number of hydrogen-bond donors (Lipinski definition) is 1. The third-order valence-corrected chi connectivity index (χ3v) is 5.46. The Labute approximate surface area is 123 Å². The molecular formula is C18H28N2. The van der Waals surface area contributed by atoms with Gasteiger partial charge in [0.05, 0.1) is 0 Å². The number of nitrogens with two attached hydrogens (primary N) is 1. The van der Waals surface area contributed by atoms with Crippen LogP contribution in [0.4, 0.5) is 0 Å². The Bertz CT molecular complexity index is 443. The molecule has 3 atom stereocenters. The first-order valence-electron chi connectivity index (χ1n) is 8.38. The molecule has 0 heterocycles. The van der Waals surface area contributed by atoms with E-state index in [0.717, 1.165) is 13.1 Å². The monoisotopic (exact) mass is 272 g/mol. The highest BCUT2D eigenvalue weighted by Gasteiger charge is 2.35. The molecular weight excluding hydrogens is 244 g/mol. The molecule has 0 amide bonds. The first-order valence-corrected chi connectivity index (χ1v) is 8.38. The molecule has 20 heavy (non-hydrogen) atoms. The lowest BCUT2D eigenvalue weighted by Crippen LogP contribution is -2.46. The zero-order valence-corrected chi connectivity index (χ0v) is 12.7. The number of rotatable bonds is 4. The average Bonchev–Trinajstić information content (AvgIpc) is 2.93. The van der Waals surface area contributed by atoms with E-state index in [1.54, 1.807) is 11.1 Å². The van der Waals surface area contributed by atoms with Gasteiger partial charge in [-0.05, 0) is 55.8 Å². The van der Waals surface area contributed by atoms with Crippen molar-refractivity contribution in [1.29, 1.82) is 0 Å². The number of hydrogen-bond acceptors (Lipinski definition) is 2. The van der Waals surface area contributed by atoms with Crippen molar-refractivity contribution in [3.05, 3.63) is 35.4 Å². The van der Waals surface area contributed by atoms with Crippen LogP contribution >= 0.6 is 0 Å². The maximum atomic E-state index is 6.05. The van der Waals surface area contributed by atoms with Crippen LogP contribution < -0.4 is 5.73 Å². The van der Waals surface area contributed by atoms with Crippen LogP contribution in [0, 0.1) is 5.92 Å². The minimum atomic E-state index is 0.633. The van der Waals surface area contributed by atoms with Crippen LogP contribution in [-0.2, 0) is 6.42 Å². The van der Waals surface area contributed by atoms with Gasteiger partial charge in [0.15, 0.2) is 0 Å². The van der Waals surface area contributed by atoms with Crippen molar-refractivity contribution in [2.24, 2.45) is 11.7 Å². The summed E-state index contributed by atoms with van der Waals surface area (Å²) in [5.41, 5.74) is 9.20. The summed E-state index contributed by atoms with van der Waals surface area (Å²) in [6, 6.07) is 10.4. The molecule has 2 heteroatoms. The standard InChI is InChI=1S/C18H28N2/c1-2-20(17-10-6-4-8-15(17)13-19)18-12-11-14-7-3-5-9-16(14)18/h3,5,7,9,15,17-18H,2,4,6,8,10-13,19H2,1H3. The lowest BCUT2D eigenvalue weighted by Gasteiger charge is -2.42. The van der Waals surface area contributed by atoms with Gasteiger partial charge < -0.3 is 5.73 Å². The van der Waals surface area contributed by atoms with Gasteiger partial charge in [0, 0.05) is 12.1 Å². The van der Waals surface area contributed by atoms with Gasteiger partial charge in [-0.2, -0.15) is 0 Å². The predicted octanol–water partition coefficient (Wildman–Crippen LogP) is 3.51. The Morgan fingerprint density at radius 2 is 1.95 bits per heavy atom. The lowest BCUT2D eigenvalue weighted by atomic mass is 9.82. The predicted molar refractivity (Wildman–Crippen MR) is 84.7 cm³/mol. The summed E-state index contributed by atoms with van der Waals surface area (Å²) in [5, 5.41) is 0. The summed E-state index contributed by atoms with van der Waals surface area (Å²) in [5.74, 6) is 0.705. The van der Waals surface area contributed by atoms with Gasteiger partial charge in [-0.3, -0.25) is 4.90 Å². The van der Waals surface area contributed by atoms with Crippen LogP contribution in [-0.4, -0.2) is 24.0 Å². The normalized spacial score (nSPS) is 29.6. The second kappa shape index (κ2) is 6.28. The van der Waals surface area contributed by atoms with Crippen molar-refractivity contribution in [2.75, 3.05) is 13.1 Å². The molecule has 1 aromatic rings. The molecule has 2 N–H and O–H groups in total. The van der Waals surface area contributed by atoms with E-state index in [9.17, 15) is 0 Å². The molecule has 2 aliphatic carbocycles. The molecule has 0 bridgehead atoms. The molecule has 3 unspecified atom stereocenters. The third-order valence-electron chi connectivity index (χ3n) is 5.46. The van der Waals surface area contributed by atoms with Gasteiger partial charge >= 0.3 is 0 Å². The van der Waals surface area contributed by atoms with Crippen LogP contribution in [0.3, 0.4) is 0 Å². The molecule has 110 valence electrons. The van der Waals surface area contributed by atoms with Crippen LogP contribution in [0.1, 0.15) is 56.2 Å². The highest BCUT2D eigenvalue weighted by molar-refractivity contribution is 5.34. The van der Waals surface area contributed by atoms with E-state index in [2.05, 4.69) is 36.1 Å². The Morgan fingerprint density at radius 1 is 1.15 bits per heavy atom. The van der Waals surface area contributed by atoms with Crippen LogP contribution in [0.15, 0.2) is 24.3 Å². The first kappa shape index (κ1) is 14.1. The van der Waals surface area contributed by atoms with E-state index >= 15 is 0 Å². The Balaban J connectivity index is 1.83. The molecule has 0 aromatic heterocycles. The fourth-order valence-electron chi connectivity index (χ4n) is 4.46. The van der Waals surface area contributed by atoms with Crippen molar-refractivity contribution in [2.45, 2.75) is 57.5 Å². The fourth-order valence-corrected chi connectivity index (χ4v) is 4.46.